The Labute approximate surface area is 202 Å². The van der Waals surface area contributed by atoms with Crippen molar-refractivity contribution in [3.05, 3.63) is 64.8 Å². The van der Waals surface area contributed by atoms with Crippen LogP contribution in [0.15, 0.2) is 47.0 Å². The molecule has 174 valence electrons. The number of halogens is 1. The number of hydrogen-bond acceptors (Lipinski definition) is 6. The van der Waals surface area contributed by atoms with E-state index in [0.29, 0.717) is 23.2 Å². The number of carbonyl (C=O) groups excluding carboxylic acids is 1. The summed E-state index contributed by atoms with van der Waals surface area (Å²) in [7, 11) is 0. The number of fused-ring (bicyclic) bond motifs is 1. The van der Waals surface area contributed by atoms with Crippen LogP contribution < -0.4 is 5.32 Å². The number of nitrogens with one attached hydrogen (secondary N) is 1. The molecule has 0 atom stereocenters. The Hall–Kier alpha value is -3.52. The number of aromatic nitrogens is 5. The molecule has 1 amide bonds. The quantitative estimate of drug-likeness (QED) is 0.407. The fourth-order valence-electron chi connectivity index (χ4n) is 4.10. The molecule has 0 fully saturated rings. The monoisotopic (exact) mass is 476 g/mol. The van der Waals surface area contributed by atoms with Gasteiger partial charge in [-0.05, 0) is 55.7 Å². The van der Waals surface area contributed by atoms with Crippen molar-refractivity contribution in [1.82, 2.24) is 24.9 Å². The number of amides is 1. The van der Waals surface area contributed by atoms with Crippen LogP contribution in [-0.4, -0.2) is 30.8 Å². The number of aryl methyl sites for hydroxylation is 3. The van der Waals surface area contributed by atoms with E-state index in [-0.39, 0.29) is 12.3 Å². The Morgan fingerprint density at radius 3 is 2.76 bits per heavy atom. The van der Waals surface area contributed by atoms with Gasteiger partial charge < -0.3 is 14.4 Å². The first-order chi connectivity index (χ1) is 16.6. The van der Waals surface area contributed by atoms with Crippen LogP contribution in [0.4, 0.5) is 5.69 Å². The summed E-state index contributed by atoms with van der Waals surface area (Å²) in [4.78, 5) is 17.1. The molecule has 0 radical (unpaired) electrons. The van der Waals surface area contributed by atoms with Gasteiger partial charge in [0, 0.05) is 47.6 Å². The summed E-state index contributed by atoms with van der Waals surface area (Å²) in [6, 6.07) is 13.2. The lowest BCUT2D eigenvalue weighted by Gasteiger charge is -2.11. The third-order valence-electron chi connectivity index (χ3n) is 6.02. The highest BCUT2D eigenvalue weighted by Crippen LogP contribution is 2.27. The fourth-order valence-corrected chi connectivity index (χ4v) is 4.23. The fraction of sp³-hybridized carbons (Fsp3) is 0.320. The normalized spacial score (nSPS) is 13.4. The molecule has 34 heavy (non-hydrogen) atoms. The van der Waals surface area contributed by atoms with Crippen molar-refractivity contribution < 1.29 is 9.32 Å². The van der Waals surface area contributed by atoms with Gasteiger partial charge in [-0.25, -0.2) is 0 Å². The number of nitrogens with zero attached hydrogens (tertiary/aromatic N) is 5. The van der Waals surface area contributed by atoms with Crippen LogP contribution in [0.1, 0.15) is 43.0 Å². The minimum absolute atomic E-state index is 0.119. The predicted octanol–water partition coefficient (Wildman–Crippen LogP) is 5.25. The van der Waals surface area contributed by atoms with Crippen molar-refractivity contribution in [2.45, 2.75) is 52.0 Å². The Morgan fingerprint density at radius 2 is 1.91 bits per heavy atom. The molecule has 0 saturated heterocycles. The van der Waals surface area contributed by atoms with Crippen molar-refractivity contribution in [2.75, 3.05) is 5.32 Å². The maximum absolute atomic E-state index is 12.7. The molecule has 0 unspecified atom stereocenters. The molecule has 8 nitrogen and oxygen atoms in total. The summed E-state index contributed by atoms with van der Waals surface area (Å²) in [5.74, 6) is 2.66. The molecule has 0 spiro atoms. The van der Waals surface area contributed by atoms with Crippen LogP contribution >= 0.6 is 11.6 Å². The molecule has 4 aromatic rings. The van der Waals surface area contributed by atoms with Crippen molar-refractivity contribution in [2.24, 2.45) is 0 Å². The number of carbonyl (C=O) groups is 1. The summed E-state index contributed by atoms with van der Waals surface area (Å²) >= 11 is 5.93. The average Bonchev–Trinajstić information content (AvgIpc) is 3.41. The van der Waals surface area contributed by atoms with Gasteiger partial charge in [0.2, 0.25) is 17.6 Å². The van der Waals surface area contributed by atoms with Gasteiger partial charge in [-0.1, -0.05) is 35.3 Å². The lowest BCUT2D eigenvalue weighted by molar-refractivity contribution is -0.116. The summed E-state index contributed by atoms with van der Waals surface area (Å²) in [6.45, 7) is 2.90. The van der Waals surface area contributed by atoms with E-state index in [2.05, 4.69) is 30.2 Å². The average molecular weight is 477 g/mol. The van der Waals surface area contributed by atoms with Crippen molar-refractivity contribution in [3.8, 4) is 22.8 Å². The van der Waals surface area contributed by atoms with E-state index in [1.807, 2.05) is 37.3 Å². The van der Waals surface area contributed by atoms with Gasteiger partial charge in [0.05, 0.1) is 0 Å². The Balaban J connectivity index is 1.25. The van der Waals surface area contributed by atoms with E-state index >= 15 is 0 Å². The van der Waals surface area contributed by atoms with E-state index < -0.39 is 0 Å². The van der Waals surface area contributed by atoms with Gasteiger partial charge in [0.15, 0.2) is 5.82 Å². The topological polar surface area (TPSA) is 98.7 Å². The minimum atomic E-state index is -0.119. The van der Waals surface area contributed by atoms with E-state index in [0.717, 1.165) is 59.8 Å². The third kappa shape index (κ3) is 4.87. The Morgan fingerprint density at radius 1 is 1.09 bits per heavy atom. The van der Waals surface area contributed by atoms with Crippen LogP contribution in [-0.2, 0) is 24.2 Å². The molecule has 0 aliphatic carbocycles. The Bertz CT molecular complexity index is 1310. The van der Waals surface area contributed by atoms with Gasteiger partial charge in [0.25, 0.3) is 0 Å². The molecule has 2 aromatic heterocycles. The maximum atomic E-state index is 12.7. The van der Waals surface area contributed by atoms with Crippen LogP contribution in [0.3, 0.4) is 0 Å². The third-order valence-corrected chi connectivity index (χ3v) is 6.27. The highest BCUT2D eigenvalue weighted by Gasteiger charge is 2.17. The number of rotatable bonds is 6. The zero-order chi connectivity index (χ0) is 23.5. The standard InChI is InChI=1S/C25H25ClN6O2/c1-16-6-7-18(25-30-29-21-5-3-2-4-14-32(21)25)15-20(16)27-22(33)12-13-23-28-24(31-34-23)17-8-10-19(26)11-9-17/h6-11,15H,2-5,12-14H2,1H3,(H,27,33). The molecular weight excluding hydrogens is 452 g/mol. The summed E-state index contributed by atoms with van der Waals surface area (Å²) < 4.78 is 7.52. The van der Waals surface area contributed by atoms with Crippen LogP contribution in [0, 0.1) is 6.92 Å². The minimum Gasteiger partial charge on any atom is -0.339 e. The summed E-state index contributed by atoms with van der Waals surface area (Å²) in [6.07, 6.45) is 5.02. The second kappa shape index (κ2) is 9.77. The molecular formula is C25H25ClN6O2. The molecule has 1 N–H and O–H groups in total. The van der Waals surface area contributed by atoms with Crippen LogP contribution in [0.25, 0.3) is 22.8 Å². The molecule has 2 aromatic carbocycles. The van der Waals surface area contributed by atoms with Gasteiger partial charge in [-0.15, -0.1) is 10.2 Å². The lowest BCUT2D eigenvalue weighted by Crippen LogP contribution is -2.13. The van der Waals surface area contributed by atoms with E-state index in [9.17, 15) is 4.79 Å². The predicted molar refractivity (Wildman–Crippen MR) is 129 cm³/mol. The van der Waals surface area contributed by atoms with E-state index in [1.54, 1.807) is 12.1 Å². The SMILES string of the molecule is Cc1ccc(-c2nnc3n2CCCCC3)cc1NC(=O)CCc1nc(-c2ccc(Cl)cc2)no1. The van der Waals surface area contributed by atoms with Gasteiger partial charge >= 0.3 is 0 Å². The van der Waals surface area contributed by atoms with Crippen LogP contribution in [0.5, 0.6) is 0 Å². The van der Waals surface area contributed by atoms with Crippen molar-refractivity contribution in [3.63, 3.8) is 0 Å². The van der Waals surface area contributed by atoms with Gasteiger partial charge in [-0.3, -0.25) is 4.79 Å². The largest absolute Gasteiger partial charge is 0.339 e. The summed E-state index contributed by atoms with van der Waals surface area (Å²) in [5.41, 5.74) is 3.50. The first-order valence-electron chi connectivity index (χ1n) is 11.5. The number of anilines is 1. The molecule has 1 aliphatic heterocycles. The highest BCUT2D eigenvalue weighted by atomic mass is 35.5. The summed E-state index contributed by atoms with van der Waals surface area (Å²) in [5, 5.41) is 16.5. The van der Waals surface area contributed by atoms with Gasteiger partial charge in [0.1, 0.15) is 5.82 Å². The first-order valence-corrected chi connectivity index (χ1v) is 11.9. The second-order valence-electron chi connectivity index (χ2n) is 8.50. The van der Waals surface area contributed by atoms with E-state index in [4.69, 9.17) is 16.1 Å². The number of hydrogen-bond donors (Lipinski definition) is 1. The zero-order valence-electron chi connectivity index (χ0n) is 18.9. The molecule has 5 rings (SSSR count). The zero-order valence-corrected chi connectivity index (χ0v) is 19.7. The molecule has 0 saturated carbocycles. The van der Waals surface area contributed by atoms with E-state index in [1.165, 1.54) is 6.42 Å². The molecule has 9 heteroatoms. The maximum Gasteiger partial charge on any atom is 0.227 e. The van der Waals surface area contributed by atoms with Crippen molar-refractivity contribution in [1.29, 1.82) is 0 Å². The number of benzene rings is 2. The first kappa shape index (κ1) is 22.3. The smallest absolute Gasteiger partial charge is 0.227 e. The van der Waals surface area contributed by atoms with Crippen LogP contribution in [0.2, 0.25) is 5.02 Å². The second-order valence-corrected chi connectivity index (χ2v) is 8.94. The lowest BCUT2D eigenvalue weighted by atomic mass is 10.1. The highest BCUT2D eigenvalue weighted by molar-refractivity contribution is 6.30. The molecule has 0 bridgehead atoms. The van der Waals surface area contributed by atoms with Crippen molar-refractivity contribution >= 4 is 23.2 Å². The molecule has 1 aliphatic rings. The molecule has 3 heterocycles. The van der Waals surface area contributed by atoms with Gasteiger partial charge in [-0.2, -0.15) is 4.98 Å². The Kier molecular flexibility index (Phi) is 6.40.